The number of carbonyl (C=O) groups excluding carboxylic acids is 1. The van der Waals surface area contributed by atoms with Gasteiger partial charge in [0.15, 0.2) is 6.10 Å². The van der Waals surface area contributed by atoms with Gasteiger partial charge in [-0.2, -0.15) is 0 Å². The standard InChI is InChI=1S/C17H16F2O2/c1-10-5-4-6-16(11(10)2)21-12(3)17(20)14-8-7-13(18)9-15(14)19/h4-9,12H,1-3H3. The molecule has 1 atom stereocenters. The van der Waals surface area contributed by atoms with Crippen molar-refractivity contribution in [1.29, 1.82) is 0 Å². The summed E-state index contributed by atoms with van der Waals surface area (Å²) in [6, 6.07) is 8.41. The van der Waals surface area contributed by atoms with E-state index in [1.807, 2.05) is 26.0 Å². The Balaban J connectivity index is 2.21. The van der Waals surface area contributed by atoms with Gasteiger partial charge in [-0.25, -0.2) is 8.78 Å². The third kappa shape index (κ3) is 3.27. The van der Waals surface area contributed by atoms with Gasteiger partial charge in [0.2, 0.25) is 5.78 Å². The predicted octanol–water partition coefficient (Wildman–Crippen LogP) is 4.23. The lowest BCUT2D eigenvalue weighted by Crippen LogP contribution is -2.25. The van der Waals surface area contributed by atoms with Gasteiger partial charge in [-0.1, -0.05) is 12.1 Å². The Morgan fingerprint density at radius 2 is 1.86 bits per heavy atom. The summed E-state index contributed by atoms with van der Waals surface area (Å²) in [7, 11) is 0. The molecule has 0 radical (unpaired) electrons. The van der Waals surface area contributed by atoms with Gasteiger partial charge in [-0.15, -0.1) is 0 Å². The normalized spacial score (nSPS) is 12.0. The van der Waals surface area contributed by atoms with E-state index < -0.39 is 23.5 Å². The molecule has 110 valence electrons. The maximum atomic E-state index is 13.6. The maximum absolute atomic E-state index is 13.6. The summed E-state index contributed by atoms with van der Waals surface area (Å²) in [5, 5.41) is 0. The number of halogens is 2. The average Bonchev–Trinajstić information content (AvgIpc) is 2.43. The Kier molecular flexibility index (Phi) is 4.36. The second-order valence-corrected chi connectivity index (χ2v) is 4.95. The Labute approximate surface area is 122 Å². The van der Waals surface area contributed by atoms with E-state index in [0.29, 0.717) is 11.8 Å². The summed E-state index contributed by atoms with van der Waals surface area (Å²) < 4.78 is 32.1. The minimum absolute atomic E-state index is 0.172. The number of Topliss-reactive ketones (excluding diaryl/α,β-unsaturated/α-hetero) is 1. The molecular formula is C17H16F2O2. The Hall–Kier alpha value is -2.23. The van der Waals surface area contributed by atoms with E-state index in [2.05, 4.69) is 0 Å². The van der Waals surface area contributed by atoms with Crippen molar-refractivity contribution in [2.45, 2.75) is 26.9 Å². The quantitative estimate of drug-likeness (QED) is 0.788. The number of rotatable bonds is 4. The minimum atomic E-state index is -0.878. The van der Waals surface area contributed by atoms with Crippen molar-refractivity contribution < 1.29 is 18.3 Å². The molecule has 0 N–H and O–H groups in total. The van der Waals surface area contributed by atoms with Crippen LogP contribution in [0.4, 0.5) is 8.78 Å². The predicted molar refractivity (Wildman–Crippen MR) is 76.7 cm³/mol. The number of ketones is 1. The molecule has 0 saturated heterocycles. The number of ether oxygens (including phenoxy) is 1. The molecule has 0 fully saturated rings. The van der Waals surface area contributed by atoms with Gasteiger partial charge in [-0.05, 0) is 50.1 Å². The summed E-state index contributed by atoms with van der Waals surface area (Å²) in [4.78, 5) is 12.2. The lowest BCUT2D eigenvalue weighted by molar-refractivity contribution is 0.0812. The minimum Gasteiger partial charge on any atom is -0.482 e. The molecule has 4 heteroatoms. The summed E-state index contributed by atoms with van der Waals surface area (Å²) >= 11 is 0. The van der Waals surface area contributed by atoms with Crippen LogP contribution in [0.25, 0.3) is 0 Å². The largest absolute Gasteiger partial charge is 0.482 e. The molecule has 0 amide bonds. The molecule has 0 spiro atoms. The second kappa shape index (κ2) is 6.04. The van der Waals surface area contributed by atoms with Crippen LogP contribution in [0.15, 0.2) is 36.4 Å². The van der Waals surface area contributed by atoms with Gasteiger partial charge in [-0.3, -0.25) is 4.79 Å². The van der Waals surface area contributed by atoms with Crippen molar-refractivity contribution in [1.82, 2.24) is 0 Å². The molecule has 2 rings (SSSR count). The van der Waals surface area contributed by atoms with E-state index in [9.17, 15) is 13.6 Å². The van der Waals surface area contributed by atoms with Crippen molar-refractivity contribution in [3.63, 3.8) is 0 Å². The van der Waals surface area contributed by atoms with Crippen LogP contribution in [0.5, 0.6) is 5.75 Å². The van der Waals surface area contributed by atoms with Crippen LogP contribution >= 0.6 is 0 Å². The number of hydrogen-bond acceptors (Lipinski definition) is 2. The summed E-state index contributed by atoms with van der Waals surface area (Å²) in [5.41, 5.74) is 1.80. The molecule has 2 aromatic carbocycles. The number of benzene rings is 2. The zero-order chi connectivity index (χ0) is 15.6. The molecule has 0 saturated carbocycles. The summed E-state index contributed by atoms with van der Waals surface area (Å²) in [5.74, 6) is -1.53. The number of aryl methyl sites for hydroxylation is 1. The van der Waals surface area contributed by atoms with Crippen LogP contribution in [0, 0.1) is 25.5 Å². The highest BCUT2D eigenvalue weighted by Crippen LogP contribution is 2.23. The van der Waals surface area contributed by atoms with Crippen LogP contribution < -0.4 is 4.74 Å². The second-order valence-electron chi connectivity index (χ2n) is 4.95. The molecule has 21 heavy (non-hydrogen) atoms. The molecule has 0 aromatic heterocycles. The van der Waals surface area contributed by atoms with Crippen LogP contribution in [0.1, 0.15) is 28.4 Å². The van der Waals surface area contributed by atoms with Gasteiger partial charge in [0.1, 0.15) is 17.4 Å². The van der Waals surface area contributed by atoms with Crippen LogP contribution in [-0.4, -0.2) is 11.9 Å². The van der Waals surface area contributed by atoms with Gasteiger partial charge in [0.25, 0.3) is 0 Å². The maximum Gasteiger partial charge on any atom is 0.205 e. The lowest BCUT2D eigenvalue weighted by atomic mass is 10.1. The number of hydrogen-bond donors (Lipinski definition) is 0. The fourth-order valence-corrected chi connectivity index (χ4v) is 2.00. The van der Waals surface area contributed by atoms with Gasteiger partial charge in [0.05, 0.1) is 5.56 Å². The molecule has 1 unspecified atom stereocenters. The first-order valence-corrected chi connectivity index (χ1v) is 6.62. The van der Waals surface area contributed by atoms with Crippen LogP contribution in [0.2, 0.25) is 0 Å². The van der Waals surface area contributed by atoms with E-state index in [1.165, 1.54) is 0 Å². The lowest BCUT2D eigenvalue weighted by Gasteiger charge is -2.16. The topological polar surface area (TPSA) is 26.3 Å². The molecule has 2 aromatic rings. The molecule has 0 bridgehead atoms. The zero-order valence-corrected chi connectivity index (χ0v) is 12.1. The fourth-order valence-electron chi connectivity index (χ4n) is 2.00. The molecule has 2 nitrogen and oxygen atoms in total. The summed E-state index contributed by atoms with van der Waals surface area (Å²) in [6.07, 6.45) is -0.856. The van der Waals surface area contributed by atoms with Crippen molar-refractivity contribution in [2.75, 3.05) is 0 Å². The van der Waals surface area contributed by atoms with Gasteiger partial charge < -0.3 is 4.74 Å². The Morgan fingerprint density at radius 1 is 1.14 bits per heavy atom. The average molecular weight is 290 g/mol. The SMILES string of the molecule is Cc1cccc(OC(C)C(=O)c2ccc(F)cc2F)c1C. The Bertz CT molecular complexity index is 680. The first kappa shape index (κ1) is 15.2. The van der Waals surface area contributed by atoms with Crippen molar-refractivity contribution >= 4 is 5.78 Å². The Morgan fingerprint density at radius 3 is 2.52 bits per heavy atom. The molecule has 0 aliphatic rings. The van der Waals surface area contributed by atoms with E-state index in [0.717, 1.165) is 23.3 Å². The highest BCUT2D eigenvalue weighted by Gasteiger charge is 2.21. The fraction of sp³-hybridized carbons (Fsp3) is 0.235. The van der Waals surface area contributed by atoms with Crippen LogP contribution in [-0.2, 0) is 0 Å². The van der Waals surface area contributed by atoms with Crippen LogP contribution in [0.3, 0.4) is 0 Å². The van der Waals surface area contributed by atoms with Gasteiger partial charge >= 0.3 is 0 Å². The first-order valence-electron chi connectivity index (χ1n) is 6.62. The first-order chi connectivity index (χ1) is 9.90. The molecular weight excluding hydrogens is 274 g/mol. The third-order valence-corrected chi connectivity index (χ3v) is 3.42. The van der Waals surface area contributed by atoms with E-state index in [1.54, 1.807) is 13.0 Å². The van der Waals surface area contributed by atoms with E-state index >= 15 is 0 Å². The molecule has 0 aliphatic carbocycles. The smallest absolute Gasteiger partial charge is 0.205 e. The van der Waals surface area contributed by atoms with E-state index in [4.69, 9.17) is 4.74 Å². The zero-order valence-electron chi connectivity index (χ0n) is 12.1. The van der Waals surface area contributed by atoms with Crippen molar-refractivity contribution in [3.8, 4) is 5.75 Å². The molecule has 0 heterocycles. The van der Waals surface area contributed by atoms with Crippen molar-refractivity contribution in [3.05, 3.63) is 64.7 Å². The number of carbonyl (C=O) groups is 1. The van der Waals surface area contributed by atoms with Crippen molar-refractivity contribution in [2.24, 2.45) is 0 Å². The highest BCUT2D eigenvalue weighted by atomic mass is 19.1. The summed E-state index contributed by atoms with van der Waals surface area (Å²) in [6.45, 7) is 5.38. The molecule has 0 aliphatic heterocycles. The third-order valence-electron chi connectivity index (χ3n) is 3.42. The monoisotopic (exact) mass is 290 g/mol. The van der Waals surface area contributed by atoms with Gasteiger partial charge in [0, 0.05) is 6.07 Å². The van der Waals surface area contributed by atoms with E-state index in [-0.39, 0.29) is 5.56 Å². The highest BCUT2D eigenvalue weighted by molar-refractivity contribution is 5.99.